The fourth-order valence-corrected chi connectivity index (χ4v) is 4.76. The normalized spacial score (nSPS) is 19.0. The Bertz CT molecular complexity index is 770. The maximum atomic E-state index is 12.5. The van der Waals surface area contributed by atoms with Gasteiger partial charge >= 0.3 is 0 Å². The fourth-order valence-electron chi connectivity index (χ4n) is 4.76. The first-order chi connectivity index (χ1) is 13.3. The van der Waals surface area contributed by atoms with Crippen LogP contribution in [0.3, 0.4) is 0 Å². The van der Waals surface area contributed by atoms with Gasteiger partial charge in [-0.2, -0.15) is 0 Å². The Balaban J connectivity index is 1.37. The highest BCUT2D eigenvalue weighted by atomic mass is 16.1. The molecule has 0 amide bonds. The van der Waals surface area contributed by atoms with Gasteiger partial charge in [0.1, 0.15) is 0 Å². The zero-order valence-electron chi connectivity index (χ0n) is 16.2. The van der Waals surface area contributed by atoms with Gasteiger partial charge in [-0.15, -0.1) is 0 Å². The van der Waals surface area contributed by atoms with Gasteiger partial charge < -0.3 is 0 Å². The second-order valence-electron chi connectivity index (χ2n) is 8.30. The van der Waals surface area contributed by atoms with Gasteiger partial charge in [-0.05, 0) is 60.3 Å². The Kier molecular flexibility index (Phi) is 5.87. The first kappa shape index (κ1) is 18.2. The molecule has 140 valence electrons. The van der Waals surface area contributed by atoms with Gasteiger partial charge in [0.05, 0.1) is 0 Å². The van der Waals surface area contributed by atoms with Gasteiger partial charge in [0, 0.05) is 5.56 Å². The summed E-state index contributed by atoms with van der Waals surface area (Å²) in [6.45, 7) is 0. The average Bonchev–Trinajstić information content (AvgIpc) is 3.28. The summed E-state index contributed by atoms with van der Waals surface area (Å²) in [5.41, 5.74) is 4.74. The van der Waals surface area contributed by atoms with E-state index in [2.05, 4.69) is 36.4 Å². The molecule has 0 radical (unpaired) electrons. The largest absolute Gasteiger partial charge is 0.289 e. The van der Waals surface area contributed by atoms with E-state index < -0.39 is 0 Å². The van der Waals surface area contributed by atoms with Gasteiger partial charge in [-0.1, -0.05) is 86.7 Å². The van der Waals surface area contributed by atoms with Crippen LogP contribution in [0.4, 0.5) is 0 Å². The molecule has 1 nitrogen and oxygen atoms in total. The molecule has 2 aromatic rings. The van der Waals surface area contributed by atoms with E-state index in [0.717, 1.165) is 17.0 Å². The van der Waals surface area contributed by atoms with Gasteiger partial charge in [-0.3, -0.25) is 4.79 Å². The molecule has 0 aromatic heterocycles. The predicted molar refractivity (Wildman–Crippen MR) is 113 cm³/mol. The molecule has 2 aromatic carbocycles. The lowest BCUT2D eigenvalue weighted by atomic mass is 9.84. The summed E-state index contributed by atoms with van der Waals surface area (Å²) in [7, 11) is 0. The van der Waals surface area contributed by atoms with Gasteiger partial charge in [-0.25, -0.2) is 0 Å². The Labute approximate surface area is 163 Å². The standard InChI is InChI=1S/C26H30O/c27-26(25-17-15-24(16-18-25)22-8-4-5-9-22)19-12-20-10-13-23(14-11-20)21-6-2-1-3-7-21/h10-19,21-22H,1-9H2. The van der Waals surface area contributed by atoms with Crippen molar-refractivity contribution in [1.82, 2.24) is 0 Å². The molecule has 0 atom stereocenters. The molecule has 2 aliphatic rings. The van der Waals surface area contributed by atoms with E-state index in [1.807, 2.05) is 18.2 Å². The van der Waals surface area contributed by atoms with Gasteiger partial charge in [0.15, 0.2) is 5.78 Å². The first-order valence-electron chi connectivity index (χ1n) is 10.7. The zero-order chi connectivity index (χ0) is 18.5. The van der Waals surface area contributed by atoms with E-state index in [1.165, 1.54) is 68.9 Å². The molecule has 0 aliphatic heterocycles. The number of benzene rings is 2. The fraction of sp³-hybridized carbons (Fsp3) is 0.423. The number of rotatable bonds is 5. The molecule has 2 aliphatic carbocycles. The molecule has 0 heterocycles. The third-order valence-electron chi connectivity index (χ3n) is 6.46. The highest BCUT2D eigenvalue weighted by Crippen LogP contribution is 2.34. The summed E-state index contributed by atoms with van der Waals surface area (Å²) in [4.78, 5) is 12.5. The molecule has 2 fully saturated rings. The molecule has 4 rings (SSSR count). The number of hydrogen-bond donors (Lipinski definition) is 0. The van der Waals surface area contributed by atoms with Crippen molar-refractivity contribution in [2.75, 3.05) is 0 Å². The van der Waals surface area contributed by atoms with E-state index in [-0.39, 0.29) is 5.78 Å². The summed E-state index contributed by atoms with van der Waals surface area (Å²) in [6, 6.07) is 17.1. The van der Waals surface area contributed by atoms with E-state index in [4.69, 9.17) is 0 Å². The van der Waals surface area contributed by atoms with Crippen LogP contribution < -0.4 is 0 Å². The predicted octanol–water partition coefficient (Wildman–Crippen LogP) is 7.29. The van der Waals surface area contributed by atoms with Crippen LogP contribution in [0.15, 0.2) is 54.6 Å². The molecule has 0 spiro atoms. The maximum absolute atomic E-state index is 12.5. The van der Waals surface area contributed by atoms with Crippen LogP contribution in [0.2, 0.25) is 0 Å². The minimum atomic E-state index is 0.0873. The maximum Gasteiger partial charge on any atom is 0.185 e. The van der Waals surface area contributed by atoms with Crippen molar-refractivity contribution in [2.45, 2.75) is 69.6 Å². The second kappa shape index (κ2) is 8.69. The molecule has 2 saturated carbocycles. The Hall–Kier alpha value is -2.15. The van der Waals surface area contributed by atoms with Crippen LogP contribution in [-0.4, -0.2) is 5.78 Å². The molecule has 0 unspecified atom stereocenters. The van der Waals surface area contributed by atoms with E-state index >= 15 is 0 Å². The lowest BCUT2D eigenvalue weighted by Gasteiger charge is -2.21. The van der Waals surface area contributed by atoms with Crippen LogP contribution in [0, 0.1) is 0 Å². The number of carbonyl (C=O) groups excluding carboxylic acids is 1. The first-order valence-corrected chi connectivity index (χ1v) is 10.7. The topological polar surface area (TPSA) is 17.1 Å². The quantitative estimate of drug-likeness (QED) is 0.405. The lowest BCUT2D eigenvalue weighted by Crippen LogP contribution is -2.04. The minimum Gasteiger partial charge on any atom is -0.289 e. The lowest BCUT2D eigenvalue weighted by molar-refractivity contribution is 0.104. The van der Waals surface area contributed by atoms with Gasteiger partial charge in [0.2, 0.25) is 0 Å². The van der Waals surface area contributed by atoms with Crippen molar-refractivity contribution in [2.24, 2.45) is 0 Å². The van der Waals surface area contributed by atoms with Crippen LogP contribution in [0.1, 0.15) is 96.7 Å². The monoisotopic (exact) mass is 358 g/mol. The van der Waals surface area contributed by atoms with Crippen molar-refractivity contribution in [3.63, 3.8) is 0 Å². The summed E-state index contributed by atoms with van der Waals surface area (Å²) in [5, 5.41) is 0. The summed E-state index contributed by atoms with van der Waals surface area (Å²) in [6.07, 6.45) is 15.7. The van der Waals surface area contributed by atoms with Crippen molar-refractivity contribution < 1.29 is 4.79 Å². The highest BCUT2D eigenvalue weighted by Gasteiger charge is 2.17. The summed E-state index contributed by atoms with van der Waals surface area (Å²) < 4.78 is 0. The van der Waals surface area contributed by atoms with Crippen molar-refractivity contribution in [3.8, 4) is 0 Å². The minimum absolute atomic E-state index is 0.0873. The van der Waals surface area contributed by atoms with E-state index in [9.17, 15) is 4.79 Å². The van der Waals surface area contributed by atoms with Crippen molar-refractivity contribution in [3.05, 3.63) is 76.9 Å². The van der Waals surface area contributed by atoms with E-state index in [1.54, 1.807) is 6.08 Å². The summed E-state index contributed by atoms with van der Waals surface area (Å²) in [5.74, 6) is 1.52. The van der Waals surface area contributed by atoms with Crippen LogP contribution >= 0.6 is 0 Å². The molecule has 27 heavy (non-hydrogen) atoms. The number of hydrogen-bond acceptors (Lipinski definition) is 1. The third kappa shape index (κ3) is 4.58. The molecular formula is C26H30O. The van der Waals surface area contributed by atoms with Crippen molar-refractivity contribution >= 4 is 11.9 Å². The Morgan fingerprint density at radius 2 is 1.15 bits per heavy atom. The highest BCUT2D eigenvalue weighted by molar-refractivity contribution is 6.06. The number of ketones is 1. The van der Waals surface area contributed by atoms with Crippen LogP contribution in [-0.2, 0) is 0 Å². The number of allylic oxidation sites excluding steroid dienone is 1. The zero-order valence-corrected chi connectivity index (χ0v) is 16.2. The molecule has 0 N–H and O–H groups in total. The summed E-state index contributed by atoms with van der Waals surface area (Å²) >= 11 is 0. The van der Waals surface area contributed by atoms with Crippen molar-refractivity contribution in [1.29, 1.82) is 0 Å². The molecule has 0 bridgehead atoms. The van der Waals surface area contributed by atoms with Crippen LogP contribution in [0.25, 0.3) is 6.08 Å². The second-order valence-corrected chi connectivity index (χ2v) is 8.30. The molecule has 1 heteroatoms. The number of carbonyl (C=O) groups is 1. The van der Waals surface area contributed by atoms with Crippen LogP contribution in [0.5, 0.6) is 0 Å². The third-order valence-corrected chi connectivity index (χ3v) is 6.46. The Morgan fingerprint density at radius 3 is 1.70 bits per heavy atom. The SMILES string of the molecule is O=C(C=Cc1ccc(C2CCCCC2)cc1)c1ccc(C2CCCC2)cc1. The Morgan fingerprint density at radius 1 is 0.667 bits per heavy atom. The van der Waals surface area contributed by atoms with Gasteiger partial charge in [0.25, 0.3) is 0 Å². The van der Waals surface area contributed by atoms with E-state index in [0.29, 0.717) is 5.92 Å². The average molecular weight is 359 g/mol. The smallest absolute Gasteiger partial charge is 0.185 e. The molecule has 0 saturated heterocycles. The molecular weight excluding hydrogens is 328 g/mol.